The molecule has 122 valence electrons. The lowest BCUT2D eigenvalue weighted by Gasteiger charge is -2.27. The molecule has 0 saturated carbocycles. The number of alkyl halides is 5. The lowest BCUT2D eigenvalue weighted by Crippen LogP contribution is -2.52. The summed E-state index contributed by atoms with van der Waals surface area (Å²) in [5, 5.41) is -1.76. The SMILES string of the molecule is Cc1ccc([S@@](=O)[C@@H]2CC(=O)O[C@H]2C(F)(F)C(F)(F)F)cc1. The van der Waals surface area contributed by atoms with Crippen molar-refractivity contribution in [2.45, 2.75) is 41.7 Å². The summed E-state index contributed by atoms with van der Waals surface area (Å²) >= 11 is 0. The third-order valence-corrected chi connectivity index (χ3v) is 4.93. The second-order valence-electron chi connectivity index (χ2n) is 4.88. The smallest absolute Gasteiger partial charge is 0.454 e. The number of aryl methyl sites for hydroxylation is 1. The summed E-state index contributed by atoms with van der Waals surface area (Å²) < 4.78 is 80.7. The van der Waals surface area contributed by atoms with Crippen LogP contribution in [0.5, 0.6) is 0 Å². The predicted molar refractivity (Wildman–Crippen MR) is 66.9 cm³/mol. The summed E-state index contributed by atoms with van der Waals surface area (Å²) in [7, 11) is -2.22. The van der Waals surface area contributed by atoms with Crippen molar-refractivity contribution in [3.63, 3.8) is 0 Å². The molecule has 1 saturated heterocycles. The van der Waals surface area contributed by atoms with E-state index in [1.165, 1.54) is 12.1 Å². The maximum absolute atomic E-state index is 13.5. The minimum Gasteiger partial charge on any atom is -0.454 e. The molecule has 1 aromatic rings. The van der Waals surface area contributed by atoms with Crippen LogP contribution in [0, 0.1) is 6.92 Å². The number of esters is 1. The number of halogens is 5. The molecule has 0 bridgehead atoms. The number of cyclic esters (lactones) is 1. The van der Waals surface area contributed by atoms with E-state index in [-0.39, 0.29) is 4.90 Å². The first-order chi connectivity index (χ1) is 10.0. The largest absolute Gasteiger partial charge is 0.457 e. The molecule has 0 amide bonds. The topological polar surface area (TPSA) is 43.4 Å². The monoisotopic (exact) mass is 342 g/mol. The van der Waals surface area contributed by atoms with Gasteiger partial charge in [0.1, 0.15) is 0 Å². The van der Waals surface area contributed by atoms with Gasteiger partial charge in [0, 0.05) is 4.90 Å². The van der Waals surface area contributed by atoms with Gasteiger partial charge in [0.25, 0.3) is 0 Å². The Hall–Kier alpha value is -1.51. The molecule has 1 aliphatic rings. The summed E-state index contributed by atoms with van der Waals surface area (Å²) in [4.78, 5) is 11.2. The molecule has 1 heterocycles. The Labute approximate surface area is 124 Å². The van der Waals surface area contributed by atoms with Gasteiger partial charge in [-0.2, -0.15) is 22.0 Å². The number of ether oxygens (including phenoxy) is 1. The van der Waals surface area contributed by atoms with Crippen molar-refractivity contribution < 1.29 is 35.7 Å². The van der Waals surface area contributed by atoms with Crippen molar-refractivity contribution in [3.05, 3.63) is 29.8 Å². The Bertz CT molecular complexity index is 597. The van der Waals surface area contributed by atoms with E-state index in [2.05, 4.69) is 4.74 Å². The lowest BCUT2D eigenvalue weighted by atomic mass is 10.1. The highest BCUT2D eigenvalue weighted by Gasteiger charge is 2.68. The van der Waals surface area contributed by atoms with Crippen LogP contribution >= 0.6 is 0 Å². The van der Waals surface area contributed by atoms with Gasteiger partial charge in [-0.05, 0) is 19.1 Å². The fourth-order valence-electron chi connectivity index (χ4n) is 2.04. The number of rotatable bonds is 3. The van der Waals surface area contributed by atoms with Gasteiger partial charge in [-0.15, -0.1) is 0 Å². The molecule has 9 heteroatoms. The fraction of sp³-hybridized carbons (Fsp3) is 0.462. The maximum Gasteiger partial charge on any atom is 0.457 e. The van der Waals surface area contributed by atoms with Crippen LogP contribution in [0.2, 0.25) is 0 Å². The number of benzene rings is 1. The highest BCUT2D eigenvalue weighted by atomic mass is 32.2. The molecule has 1 aliphatic heterocycles. The van der Waals surface area contributed by atoms with Crippen LogP contribution in [0.1, 0.15) is 12.0 Å². The maximum atomic E-state index is 13.5. The standard InChI is InChI=1S/C13H11F5O3S/c1-7-2-4-8(5-3-7)22(20)9-6-10(19)21-11(9)12(14,15)13(16,17)18/h2-5,9,11H,6H2,1H3/t9-,11-,22-/m1/s1. The van der Waals surface area contributed by atoms with Crippen molar-refractivity contribution in [3.8, 4) is 0 Å². The molecule has 0 aromatic heterocycles. The van der Waals surface area contributed by atoms with E-state index in [4.69, 9.17) is 0 Å². The Kier molecular flexibility index (Phi) is 4.29. The third kappa shape index (κ3) is 2.99. The molecule has 1 aromatic carbocycles. The molecule has 3 nitrogen and oxygen atoms in total. The number of hydrogen-bond acceptors (Lipinski definition) is 3. The molecule has 2 rings (SSSR count). The average molecular weight is 342 g/mol. The lowest BCUT2D eigenvalue weighted by molar-refractivity contribution is -0.310. The highest BCUT2D eigenvalue weighted by Crippen LogP contribution is 2.44. The Morgan fingerprint density at radius 2 is 1.68 bits per heavy atom. The minimum atomic E-state index is -5.89. The van der Waals surface area contributed by atoms with Crippen LogP contribution in [0.25, 0.3) is 0 Å². The quantitative estimate of drug-likeness (QED) is 0.627. The third-order valence-electron chi connectivity index (χ3n) is 3.23. The van der Waals surface area contributed by atoms with Gasteiger partial charge in [-0.25, -0.2) is 0 Å². The predicted octanol–water partition coefficient (Wildman–Crippen LogP) is 2.98. The van der Waals surface area contributed by atoms with Crippen molar-refractivity contribution >= 4 is 16.8 Å². The van der Waals surface area contributed by atoms with E-state index in [1.54, 1.807) is 19.1 Å². The molecule has 0 aliphatic carbocycles. The van der Waals surface area contributed by atoms with Crippen LogP contribution < -0.4 is 0 Å². The van der Waals surface area contributed by atoms with Gasteiger partial charge in [-0.3, -0.25) is 9.00 Å². The van der Waals surface area contributed by atoms with Crippen LogP contribution in [-0.2, 0) is 20.3 Å². The molecular formula is C13H11F5O3S. The van der Waals surface area contributed by atoms with E-state index >= 15 is 0 Å². The van der Waals surface area contributed by atoms with E-state index in [9.17, 15) is 31.0 Å². The van der Waals surface area contributed by atoms with Gasteiger partial charge in [0.2, 0.25) is 0 Å². The number of hydrogen-bond donors (Lipinski definition) is 0. The summed E-state index contributed by atoms with van der Waals surface area (Å²) in [6.45, 7) is 1.73. The molecular weight excluding hydrogens is 331 g/mol. The van der Waals surface area contributed by atoms with Gasteiger partial charge < -0.3 is 4.74 Å². The summed E-state index contributed by atoms with van der Waals surface area (Å²) in [6, 6.07) is 5.80. The Morgan fingerprint density at radius 1 is 1.14 bits per heavy atom. The van der Waals surface area contributed by atoms with E-state index < -0.39 is 46.6 Å². The zero-order valence-corrected chi connectivity index (χ0v) is 12.0. The molecule has 0 spiro atoms. The summed E-state index contributed by atoms with van der Waals surface area (Å²) in [6.07, 6.45) is -9.43. The second kappa shape index (κ2) is 5.60. The van der Waals surface area contributed by atoms with Crippen molar-refractivity contribution in [1.29, 1.82) is 0 Å². The van der Waals surface area contributed by atoms with E-state index in [1.807, 2.05) is 0 Å². The zero-order chi connectivity index (χ0) is 16.7. The van der Waals surface area contributed by atoms with Gasteiger partial charge in [0.15, 0.2) is 6.10 Å². The highest BCUT2D eigenvalue weighted by molar-refractivity contribution is 7.85. The van der Waals surface area contributed by atoms with Crippen LogP contribution in [0.4, 0.5) is 22.0 Å². The first-order valence-electron chi connectivity index (χ1n) is 6.15. The van der Waals surface area contributed by atoms with Crippen LogP contribution in [0.15, 0.2) is 29.2 Å². The van der Waals surface area contributed by atoms with E-state index in [0.717, 1.165) is 5.56 Å². The minimum absolute atomic E-state index is 0.0666. The van der Waals surface area contributed by atoms with Crippen molar-refractivity contribution in [1.82, 2.24) is 0 Å². The number of carbonyl (C=O) groups is 1. The molecule has 22 heavy (non-hydrogen) atoms. The van der Waals surface area contributed by atoms with Gasteiger partial charge >= 0.3 is 18.1 Å². The first kappa shape index (κ1) is 16.9. The summed E-state index contributed by atoms with van der Waals surface area (Å²) in [5.41, 5.74) is 0.802. The molecule has 3 atom stereocenters. The normalized spacial score (nSPS) is 24.2. The van der Waals surface area contributed by atoms with Crippen molar-refractivity contribution in [2.24, 2.45) is 0 Å². The van der Waals surface area contributed by atoms with Gasteiger partial charge in [0.05, 0.1) is 22.5 Å². The van der Waals surface area contributed by atoms with E-state index in [0.29, 0.717) is 0 Å². The van der Waals surface area contributed by atoms with Crippen LogP contribution in [-0.4, -0.2) is 33.6 Å². The fourth-order valence-corrected chi connectivity index (χ4v) is 3.53. The Balaban J connectivity index is 2.34. The summed E-state index contributed by atoms with van der Waals surface area (Å²) in [5.74, 6) is -6.48. The average Bonchev–Trinajstić information content (AvgIpc) is 2.80. The first-order valence-corrected chi connectivity index (χ1v) is 7.36. The zero-order valence-electron chi connectivity index (χ0n) is 11.2. The van der Waals surface area contributed by atoms with Crippen molar-refractivity contribution in [2.75, 3.05) is 0 Å². The van der Waals surface area contributed by atoms with Crippen LogP contribution in [0.3, 0.4) is 0 Å². The second-order valence-corrected chi connectivity index (χ2v) is 6.56. The molecule has 1 fully saturated rings. The molecule has 0 unspecified atom stereocenters. The number of carbonyl (C=O) groups excluding carboxylic acids is 1. The molecule has 0 radical (unpaired) electrons. The molecule has 0 N–H and O–H groups in total. The Morgan fingerprint density at radius 3 is 2.18 bits per heavy atom. The van der Waals surface area contributed by atoms with Gasteiger partial charge in [-0.1, -0.05) is 17.7 Å².